The zero-order valence-corrected chi connectivity index (χ0v) is 25.0. The maximum absolute atomic E-state index is 13.4. The second-order valence-electron chi connectivity index (χ2n) is 11.6. The molecule has 42 heavy (non-hydrogen) atoms. The van der Waals surface area contributed by atoms with E-state index >= 15 is 0 Å². The first-order valence-electron chi connectivity index (χ1n) is 15.1. The SMILES string of the molecule is COCCCn1c(C2CCCN(C(=O)CC(N)Cc3ccc(-c4ccc(OC(C)C)nc4)cc3)C2)nc2ccccc21. The highest BCUT2D eigenvalue weighted by Gasteiger charge is 2.29. The van der Waals surface area contributed by atoms with Gasteiger partial charge in [0.1, 0.15) is 5.82 Å². The number of imidazole rings is 1. The van der Waals surface area contributed by atoms with Crippen molar-refractivity contribution >= 4 is 16.9 Å². The third-order valence-corrected chi connectivity index (χ3v) is 7.87. The lowest BCUT2D eigenvalue weighted by Gasteiger charge is -2.33. The number of rotatable bonds is 12. The summed E-state index contributed by atoms with van der Waals surface area (Å²) in [4.78, 5) is 24.8. The van der Waals surface area contributed by atoms with Crippen LogP contribution in [0.4, 0.5) is 0 Å². The number of hydrogen-bond acceptors (Lipinski definition) is 6. The third kappa shape index (κ3) is 7.36. The summed E-state index contributed by atoms with van der Waals surface area (Å²) in [5.74, 6) is 2.04. The third-order valence-electron chi connectivity index (χ3n) is 7.87. The smallest absolute Gasteiger partial charge is 0.224 e. The van der Waals surface area contributed by atoms with Crippen LogP contribution in [0.2, 0.25) is 0 Å². The number of nitrogens with two attached hydrogens (primary N) is 1. The van der Waals surface area contributed by atoms with Crippen LogP contribution >= 0.6 is 0 Å². The Bertz CT molecular complexity index is 1450. The number of piperidine rings is 1. The van der Waals surface area contributed by atoms with Crippen LogP contribution < -0.4 is 10.5 Å². The summed E-state index contributed by atoms with van der Waals surface area (Å²) in [5.41, 5.74) is 11.9. The first-order chi connectivity index (χ1) is 20.4. The Hall–Kier alpha value is -3.75. The number of ether oxygens (including phenoxy) is 2. The standard InChI is InChI=1S/C34H43N5O3/c1-24(2)42-32-16-15-27(22-36-32)26-13-11-25(12-14-26)20-29(35)21-33(40)38-17-6-8-28(23-38)34-37-30-9-4-5-10-31(30)39(34)18-7-19-41-3/h4-5,9-16,22,24,28-29H,6-8,17-21,23,35H2,1-3H3. The van der Waals surface area contributed by atoms with Crippen LogP contribution in [0.3, 0.4) is 0 Å². The Balaban J connectivity index is 1.18. The Kier molecular flexibility index (Phi) is 9.87. The van der Waals surface area contributed by atoms with Gasteiger partial charge in [0.15, 0.2) is 0 Å². The van der Waals surface area contributed by atoms with Gasteiger partial charge >= 0.3 is 0 Å². The highest BCUT2D eigenvalue weighted by Crippen LogP contribution is 2.30. The number of hydrogen-bond donors (Lipinski definition) is 1. The van der Waals surface area contributed by atoms with Gasteiger partial charge in [0.2, 0.25) is 11.8 Å². The number of amides is 1. The zero-order chi connectivity index (χ0) is 29.5. The van der Waals surface area contributed by atoms with Crippen molar-refractivity contribution in [3.05, 3.63) is 78.2 Å². The van der Waals surface area contributed by atoms with E-state index in [1.807, 2.05) is 43.1 Å². The maximum Gasteiger partial charge on any atom is 0.224 e. The Labute approximate surface area is 248 Å². The van der Waals surface area contributed by atoms with Gasteiger partial charge in [-0.2, -0.15) is 0 Å². The van der Waals surface area contributed by atoms with Gasteiger partial charge in [0.25, 0.3) is 0 Å². The molecule has 0 radical (unpaired) electrons. The van der Waals surface area contributed by atoms with Crippen LogP contribution in [0, 0.1) is 0 Å². The summed E-state index contributed by atoms with van der Waals surface area (Å²) in [5, 5.41) is 0. The number of aromatic nitrogens is 3. The summed E-state index contributed by atoms with van der Waals surface area (Å²) in [7, 11) is 1.73. The molecule has 1 amide bonds. The van der Waals surface area contributed by atoms with E-state index in [-0.39, 0.29) is 24.0 Å². The monoisotopic (exact) mass is 569 g/mol. The molecule has 1 aliphatic heterocycles. The first kappa shape index (κ1) is 29.7. The lowest BCUT2D eigenvalue weighted by atomic mass is 9.95. The van der Waals surface area contributed by atoms with Gasteiger partial charge in [-0.1, -0.05) is 36.4 Å². The summed E-state index contributed by atoms with van der Waals surface area (Å²) in [6.45, 7) is 6.99. The molecule has 2 atom stereocenters. The number of nitrogens with zero attached hydrogens (tertiary/aromatic N) is 4. The Morgan fingerprint density at radius 2 is 1.86 bits per heavy atom. The maximum atomic E-state index is 13.4. The zero-order valence-electron chi connectivity index (χ0n) is 25.0. The minimum Gasteiger partial charge on any atom is -0.475 e. The molecular formula is C34H43N5O3. The second kappa shape index (κ2) is 13.9. The van der Waals surface area contributed by atoms with Gasteiger partial charge < -0.3 is 24.7 Å². The molecule has 2 N–H and O–H groups in total. The van der Waals surface area contributed by atoms with Crippen molar-refractivity contribution in [2.75, 3.05) is 26.8 Å². The quantitative estimate of drug-likeness (QED) is 0.224. The number of pyridine rings is 1. The van der Waals surface area contributed by atoms with Crippen LogP contribution in [0.25, 0.3) is 22.2 Å². The van der Waals surface area contributed by atoms with E-state index in [9.17, 15) is 4.79 Å². The van der Waals surface area contributed by atoms with Crippen LogP contribution in [0.15, 0.2) is 66.9 Å². The molecule has 8 heteroatoms. The molecule has 222 valence electrons. The molecule has 0 aliphatic carbocycles. The summed E-state index contributed by atoms with van der Waals surface area (Å²) in [6, 6.07) is 20.3. The van der Waals surface area contributed by atoms with Crippen LogP contribution in [-0.2, 0) is 22.5 Å². The number of likely N-dealkylation sites (tertiary alicyclic amines) is 1. The minimum atomic E-state index is -0.239. The fraction of sp³-hybridized carbons (Fsp3) is 0.441. The molecule has 4 aromatic rings. The highest BCUT2D eigenvalue weighted by atomic mass is 16.5. The van der Waals surface area contributed by atoms with E-state index in [1.54, 1.807) is 7.11 Å². The fourth-order valence-corrected chi connectivity index (χ4v) is 5.85. The minimum absolute atomic E-state index is 0.0937. The molecule has 0 bridgehead atoms. The molecule has 1 fully saturated rings. The Morgan fingerprint density at radius 1 is 1.07 bits per heavy atom. The van der Waals surface area contributed by atoms with Crippen molar-refractivity contribution in [1.29, 1.82) is 0 Å². The lowest BCUT2D eigenvalue weighted by molar-refractivity contribution is -0.132. The van der Waals surface area contributed by atoms with Crippen molar-refractivity contribution in [3.63, 3.8) is 0 Å². The van der Waals surface area contributed by atoms with E-state index in [0.29, 0.717) is 31.9 Å². The average Bonchev–Trinajstić information content (AvgIpc) is 3.36. The van der Waals surface area contributed by atoms with Gasteiger partial charge in [-0.25, -0.2) is 9.97 Å². The predicted octanol–water partition coefficient (Wildman–Crippen LogP) is 5.59. The topological polar surface area (TPSA) is 95.5 Å². The summed E-state index contributed by atoms with van der Waals surface area (Å²) >= 11 is 0. The molecule has 1 aliphatic rings. The number of fused-ring (bicyclic) bond motifs is 1. The lowest BCUT2D eigenvalue weighted by Crippen LogP contribution is -2.42. The summed E-state index contributed by atoms with van der Waals surface area (Å²) in [6.07, 6.45) is 5.82. The number of para-hydroxylation sites is 2. The van der Waals surface area contributed by atoms with Crippen molar-refractivity contribution in [3.8, 4) is 17.0 Å². The highest BCUT2D eigenvalue weighted by molar-refractivity contribution is 5.78. The molecule has 0 saturated carbocycles. The first-order valence-corrected chi connectivity index (χ1v) is 15.1. The average molecular weight is 570 g/mol. The molecule has 3 heterocycles. The molecule has 0 spiro atoms. The van der Waals surface area contributed by atoms with E-state index < -0.39 is 0 Å². The van der Waals surface area contributed by atoms with E-state index in [1.165, 1.54) is 0 Å². The normalized spacial score (nSPS) is 16.2. The molecule has 2 aromatic heterocycles. The molecule has 1 saturated heterocycles. The van der Waals surface area contributed by atoms with Crippen molar-refractivity contribution in [1.82, 2.24) is 19.4 Å². The van der Waals surface area contributed by atoms with Gasteiger partial charge in [0, 0.05) is 69.6 Å². The number of methoxy groups -OCH3 is 1. The molecule has 5 rings (SSSR count). The largest absolute Gasteiger partial charge is 0.475 e. The predicted molar refractivity (Wildman–Crippen MR) is 167 cm³/mol. The van der Waals surface area contributed by atoms with Gasteiger partial charge in [-0.3, -0.25) is 4.79 Å². The van der Waals surface area contributed by atoms with E-state index in [2.05, 4.69) is 52.0 Å². The molecule has 2 unspecified atom stereocenters. The van der Waals surface area contributed by atoms with Gasteiger partial charge in [0.05, 0.1) is 17.1 Å². The summed E-state index contributed by atoms with van der Waals surface area (Å²) < 4.78 is 13.3. The second-order valence-corrected chi connectivity index (χ2v) is 11.6. The van der Waals surface area contributed by atoms with E-state index in [0.717, 1.165) is 65.9 Å². The fourth-order valence-electron chi connectivity index (χ4n) is 5.85. The van der Waals surface area contributed by atoms with Crippen LogP contribution in [-0.4, -0.2) is 64.3 Å². The van der Waals surface area contributed by atoms with Crippen molar-refractivity contribution in [2.45, 2.75) is 70.6 Å². The number of benzene rings is 2. The number of aryl methyl sites for hydroxylation is 1. The molecule has 2 aromatic carbocycles. The molecular weight excluding hydrogens is 526 g/mol. The number of carbonyl (C=O) groups is 1. The molecule has 8 nitrogen and oxygen atoms in total. The van der Waals surface area contributed by atoms with Crippen LogP contribution in [0.5, 0.6) is 5.88 Å². The van der Waals surface area contributed by atoms with Crippen LogP contribution in [0.1, 0.15) is 56.8 Å². The van der Waals surface area contributed by atoms with Crippen molar-refractivity contribution < 1.29 is 14.3 Å². The Morgan fingerprint density at radius 3 is 2.60 bits per heavy atom. The number of carbonyl (C=O) groups excluding carboxylic acids is 1. The van der Waals surface area contributed by atoms with E-state index in [4.69, 9.17) is 20.2 Å². The van der Waals surface area contributed by atoms with Gasteiger partial charge in [-0.15, -0.1) is 0 Å². The van der Waals surface area contributed by atoms with Crippen molar-refractivity contribution in [2.24, 2.45) is 5.73 Å². The van der Waals surface area contributed by atoms with Gasteiger partial charge in [-0.05, 0) is 68.9 Å².